The number of nitrogens with one attached hydrogen (secondary N) is 1. The smallest absolute Gasteiger partial charge is 0.231 e. The second kappa shape index (κ2) is 7.14. The molecule has 0 saturated heterocycles. The van der Waals surface area contributed by atoms with Crippen molar-refractivity contribution in [2.24, 2.45) is 0 Å². The standard InChI is InChI=1S/C21H21NO4/c1-23-18-6-5-16-7-14(3-4-17(16)10-18)11-22-12-15-8-19(24-2)21-20(9-15)25-13-26-21/h3-10,22H,11-13H2,1-2H3. The van der Waals surface area contributed by atoms with E-state index in [0.717, 1.165) is 23.6 Å². The maximum Gasteiger partial charge on any atom is 0.231 e. The average Bonchev–Trinajstić information content (AvgIpc) is 3.15. The number of benzene rings is 3. The van der Waals surface area contributed by atoms with Crippen molar-refractivity contribution < 1.29 is 18.9 Å². The second-order valence-corrected chi connectivity index (χ2v) is 6.18. The van der Waals surface area contributed by atoms with Crippen molar-refractivity contribution in [1.82, 2.24) is 5.32 Å². The molecule has 0 aliphatic carbocycles. The van der Waals surface area contributed by atoms with E-state index in [9.17, 15) is 0 Å². The lowest BCUT2D eigenvalue weighted by Crippen LogP contribution is -2.12. The van der Waals surface area contributed by atoms with Gasteiger partial charge in [0.2, 0.25) is 12.5 Å². The SMILES string of the molecule is COc1ccc2cc(CNCc3cc(OC)c4c(c3)OCO4)ccc2c1. The third-order valence-electron chi connectivity index (χ3n) is 4.49. The van der Waals surface area contributed by atoms with Gasteiger partial charge in [-0.05, 0) is 52.2 Å². The fourth-order valence-electron chi connectivity index (χ4n) is 3.15. The van der Waals surface area contributed by atoms with Crippen molar-refractivity contribution in [3.05, 3.63) is 59.7 Å². The summed E-state index contributed by atoms with van der Waals surface area (Å²) in [7, 11) is 3.32. The maximum atomic E-state index is 5.47. The van der Waals surface area contributed by atoms with Crippen LogP contribution >= 0.6 is 0 Å². The van der Waals surface area contributed by atoms with Gasteiger partial charge in [0.15, 0.2) is 11.5 Å². The molecule has 1 aliphatic rings. The highest BCUT2D eigenvalue weighted by Crippen LogP contribution is 2.41. The average molecular weight is 351 g/mol. The van der Waals surface area contributed by atoms with Gasteiger partial charge in [0.25, 0.3) is 0 Å². The largest absolute Gasteiger partial charge is 0.497 e. The van der Waals surface area contributed by atoms with Crippen LogP contribution in [-0.4, -0.2) is 21.0 Å². The molecular formula is C21H21NO4. The first-order valence-corrected chi connectivity index (χ1v) is 8.51. The van der Waals surface area contributed by atoms with Gasteiger partial charge in [0.05, 0.1) is 14.2 Å². The lowest BCUT2D eigenvalue weighted by molar-refractivity contribution is 0.171. The Bertz CT molecular complexity index is 939. The quantitative estimate of drug-likeness (QED) is 0.730. The summed E-state index contributed by atoms with van der Waals surface area (Å²) in [5.41, 5.74) is 2.33. The summed E-state index contributed by atoms with van der Waals surface area (Å²) in [6, 6.07) is 16.5. The van der Waals surface area contributed by atoms with Crippen molar-refractivity contribution in [2.45, 2.75) is 13.1 Å². The Balaban J connectivity index is 1.44. The first-order chi connectivity index (χ1) is 12.8. The van der Waals surface area contributed by atoms with Crippen molar-refractivity contribution in [3.63, 3.8) is 0 Å². The molecule has 0 aromatic heterocycles. The summed E-state index contributed by atoms with van der Waals surface area (Å²) in [5.74, 6) is 3.00. The molecule has 5 nitrogen and oxygen atoms in total. The van der Waals surface area contributed by atoms with Crippen molar-refractivity contribution in [3.8, 4) is 23.0 Å². The highest BCUT2D eigenvalue weighted by atomic mass is 16.7. The fraction of sp³-hybridized carbons (Fsp3) is 0.238. The summed E-state index contributed by atoms with van der Waals surface area (Å²) in [4.78, 5) is 0. The van der Waals surface area contributed by atoms with Crippen LogP contribution in [-0.2, 0) is 13.1 Å². The van der Waals surface area contributed by atoms with Gasteiger partial charge in [0.1, 0.15) is 5.75 Å². The van der Waals surface area contributed by atoms with Gasteiger partial charge in [-0.15, -0.1) is 0 Å². The van der Waals surface area contributed by atoms with Gasteiger partial charge in [-0.3, -0.25) is 0 Å². The van der Waals surface area contributed by atoms with Crippen LogP contribution in [0.4, 0.5) is 0 Å². The predicted molar refractivity (Wildman–Crippen MR) is 100 cm³/mol. The Kier molecular flexibility index (Phi) is 4.54. The summed E-state index contributed by atoms with van der Waals surface area (Å²) < 4.78 is 21.6. The number of rotatable bonds is 6. The minimum atomic E-state index is 0.241. The maximum absolute atomic E-state index is 5.47. The summed E-state index contributed by atoms with van der Waals surface area (Å²) >= 11 is 0. The van der Waals surface area contributed by atoms with Crippen molar-refractivity contribution in [1.29, 1.82) is 0 Å². The van der Waals surface area contributed by atoms with Crippen LogP contribution in [0.5, 0.6) is 23.0 Å². The van der Waals surface area contributed by atoms with Crippen LogP contribution in [0.25, 0.3) is 10.8 Å². The van der Waals surface area contributed by atoms with E-state index < -0.39 is 0 Å². The summed E-state index contributed by atoms with van der Waals surface area (Å²) in [6.07, 6.45) is 0. The van der Waals surface area contributed by atoms with Gasteiger partial charge in [-0.1, -0.05) is 18.2 Å². The van der Waals surface area contributed by atoms with E-state index in [-0.39, 0.29) is 6.79 Å². The molecule has 3 aromatic carbocycles. The fourth-order valence-corrected chi connectivity index (χ4v) is 3.15. The molecule has 0 radical (unpaired) electrons. The van der Waals surface area contributed by atoms with Gasteiger partial charge in [0, 0.05) is 13.1 Å². The highest BCUT2D eigenvalue weighted by Gasteiger charge is 2.19. The Labute approximate surface area is 152 Å². The van der Waals surface area contributed by atoms with E-state index in [4.69, 9.17) is 18.9 Å². The van der Waals surface area contributed by atoms with Gasteiger partial charge >= 0.3 is 0 Å². The van der Waals surface area contributed by atoms with Crippen LogP contribution in [0.3, 0.4) is 0 Å². The van der Waals surface area contributed by atoms with E-state index in [1.165, 1.54) is 16.3 Å². The number of fused-ring (bicyclic) bond motifs is 2. The monoisotopic (exact) mass is 351 g/mol. The zero-order chi connectivity index (χ0) is 17.9. The Morgan fingerprint density at radius 3 is 2.50 bits per heavy atom. The molecule has 26 heavy (non-hydrogen) atoms. The molecule has 0 bridgehead atoms. The van der Waals surface area contributed by atoms with E-state index >= 15 is 0 Å². The third kappa shape index (κ3) is 3.26. The lowest BCUT2D eigenvalue weighted by Gasteiger charge is -2.10. The van der Waals surface area contributed by atoms with Crippen LogP contribution in [0.1, 0.15) is 11.1 Å². The second-order valence-electron chi connectivity index (χ2n) is 6.18. The van der Waals surface area contributed by atoms with Crippen LogP contribution in [0, 0.1) is 0 Å². The normalized spacial score (nSPS) is 12.4. The minimum absolute atomic E-state index is 0.241. The molecule has 1 aliphatic heterocycles. The van der Waals surface area contributed by atoms with Crippen LogP contribution in [0.2, 0.25) is 0 Å². The summed E-state index contributed by atoms with van der Waals surface area (Å²) in [5, 5.41) is 5.85. The molecule has 1 heterocycles. The molecule has 4 rings (SSSR count). The number of hydrogen-bond acceptors (Lipinski definition) is 5. The molecule has 3 aromatic rings. The Morgan fingerprint density at radius 2 is 1.65 bits per heavy atom. The van der Waals surface area contributed by atoms with Gasteiger partial charge in [-0.2, -0.15) is 0 Å². The van der Waals surface area contributed by atoms with Gasteiger partial charge < -0.3 is 24.3 Å². The van der Waals surface area contributed by atoms with Crippen molar-refractivity contribution >= 4 is 10.8 Å². The molecule has 0 atom stereocenters. The predicted octanol–water partition coefficient (Wildman–Crippen LogP) is 3.88. The zero-order valence-electron chi connectivity index (χ0n) is 14.9. The molecule has 0 spiro atoms. The van der Waals surface area contributed by atoms with E-state index in [0.29, 0.717) is 18.0 Å². The molecule has 0 amide bonds. The van der Waals surface area contributed by atoms with Crippen LogP contribution in [0.15, 0.2) is 48.5 Å². The third-order valence-corrected chi connectivity index (χ3v) is 4.49. The van der Waals surface area contributed by atoms with Gasteiger partial charge in [-0.25, -0.2) is 0 Å². The molecular weight excluding hydrogens is 330 g/mol. The molecule has 1 N–H and O–H groups in total. The highest BCUT2D eigenvalue weighted by molar-refractivity contribution is 5.84. The zero-order valence-corrected chi connectivity index (χ0v) is 14.9. The lowest BCUT2D eigenvalue weighted by atomic mass is 10.1. The number of hydrogen-bond donors (Lipinski definition) is 1. The Hall–Kier alpha value is -2.92. The van der Waals surface area contributed by atoms with E-state index in [1.807, 2.05) is 24.3 Å². The first-order valence-electron chi connectivity index (χ1n) is 8.51. The topological polar surface area (TPSA) is 49.0 Å². The minimum Gasteiger partial charge on any atom is -0.497 e. The number of ether oxygens (including phenoxy) is 4. The van der Waals surface area contributed by atoms with Crippen molar-refractivity contribution in [2.75, 3.05) is 21.0 Å². The van der Waals surface area contributed by atoms with E-state index in [1.54, 1.807) is 14.2 Å². The summed E-state index contributed by atoms with van der Waals surface area (Å²) in [6.45, 7) is 1.73. The number of methoxy groups -OCH3 is 2. The molecule has 0 unspecified atom stereocenters. The molecule has 5 heteroatoms. The first kappa shape index (κ1) is 16.5. The Morgan fingerprint density at radius 1 is 0.846 bits per heavy atom. The molecule has 0 fully saturated rings. The van der Waals surface area contributed by atoms with Crippen LogP contribution < -0.4 is 24.3 Å². The molecule has 0 saturated carbocycles. The van der Waals surface area contributed by atoms with E-state index in [2.05, 4.69) is 29.6 Å². The molecule has 134 valence electrons.